The number of phenolic OH excluding ortho intramolecular Hbond substituents is 1. The third-order valence-corrected chi connectivity index (χ3v) is 6.33. The summed E-state index contributed by atoms with van der Waals surface area (Å²) >= 11 is 0. The van der Waals surface area contributed by atoms with E-state index >= 15 is 0 Å². The lowest BCUT2D eigenvalue weighted by atomic mass is 9.53. The van der Waals surface area contributed by atoms with E-state index in [0.717, 1.165) is 38.5 Å². The van der Waals surface area contributed by atoms with Gasteiger partial charge in [-0.1, -0.05) is 36.4 Å². The maximum atomic E-state index is 10.6. The summed E-state index contributed by atoms with van der Waals surface area (Å²) < 4.78 is 0. The molecule has 2 heteroatoms. The highest BCUT2D eigenvalue weighted by Gasteiger charge is 2.50. The zero-order valence-electron chi connectivity index (χ0n) is 14.3. The quantitative estimate of drug-likeness (QED) is 0.862. The van der Waals surface area contributed by atoms with Gasteiger partial charge in [-0.3, -0.25) is 0 Å². The maximum absolute atomic E-state index is 10.6. The van der Waals surface area contributed by atoms with E-state index in [4.69, 9.17) is 0 Å². The SMILES string of the molecule is C[C@]1(O)CC[C@@]2(Cc3ccccc3)c3ccc(O)cc3CC[C@H]2C1. The molecule has 2 N–H and O–H groups in total. The van der Waals surface area contributed by atoms with E-state index in [9.17, 15) is 10.2 Å². The topological polar surface area (TPSA) is 40.5 Å². The molecule has 2 aliphatic carbocycles. The Kier molecular flexibility index (Phi) is 3.69. The molecule has 0 aromatic heterocycles. The largest absolute Gasteiger partial charge is 0.508 e. The number of hydrogen-bond acceptors (Lipinski definition) is 2. The van der Waals surface area contributed by atoms with E-state index in [1.807, 2.05) is 19.1 Å². The fourth-order valence-corrected chi connectivity index (χ4v) is 5.15. The molecule has 0 amide bonds. The maximum Gasteiger partial charge on any atom is 0.115 e. The fourth-order valence-electron chi connectivity index (χ4n) is 5.15. The number of fused-ring (bicyclic) bond motifs is 3. The van der Waals surface area contributed by atoms with Gasteiger partial charge < -0.3 is 10.2 Å². The first-order valence-corrected chi connectivity index (χ1v) is 9.07. The van der Waals surface area contributed by atoms with Crippen molar-refractivity contribution in [1.29, 1.82) is 0 Å². The summed E-state index contributed by atoms with van der Waals surface area (Å²) in [6.07, 6.45) is 5.85. The molecule has 0 saturated heterocycles. The smallest absolute Gasteiger partial charge is 0.115 e. The molecular weight excluding hydrogens is 296 g/mol. The predicted octanol–water partition coefficient (Wildman–Crippen LogP) is 4.37. The predicted molar refractivity (Wildman–Crippen MR) is 96.2 cm³/mol. The lowest BCUT2D eigenvalue weighted by molar-refractivity contribution is -0.0367. The van der Waals surface area contributed by atoms with E-state index in [2.05, 4.69) is 36.4 Å². The van der Waals surface area contributed by atoms with Crippen LogP contribution in [0.1, 0.15) is 49.3 Å². The second-order valence-electron chi connectivity index (χ2n) is 8.10. The Morgan fingerprint density at radius 3 is 2.67 bits per heavy atom. The van der Waals surface area contributed by atoms with Crippen LogP contribution in [-0.2, 0) is 18.3 Å². The van der Waals surface area contributed by atoms with Gasteiger partial charge in [0.05, 0.1) is 5.60 Å². The highest BCUT2D eigenvalue weighted by Crippen LogP contribution is 2.54. The van der Waals surface area contributed by atoms with Crippen LogP contribution in [0.2, 0.25) is 0 Å². The molecule has 2 aliphatic rings. The van der Waals surface area contributed by atoms with E-state index in [-0.39, 0.29) is 5.41 Å². The summed E-state index contributed by atoms with van der Waals surface area (Å²) in [5.41, 5.74) is 3.61. The zero-order valence-corrected chi connectivity index (χ0v) is 14.3. The molecule has 2 aromatic rings. The van der Waals surface area contributed by atoms with Crippen LogP contribution < -0.4 is 0 Å². The summed E-state index contributed by atoms with van der Waals surface area (Å²) in [4.78, 5) is 0. The minimum Gasteiger partial charge on any atom is -0.508 e. The van der Waals surface area contributed by atoms with Gasteiger partial charge in [-0.05, 0) is 80.2 Å². The Bertz CT molecular complexity index is 735. The summed E-state index contributed by atoms with van der Waals surface area (Å²) in [6, 6.07) is 16.6. The van der Waals surface area contributed by atoms with Crippen molar-refractivity contribution in [2.75, 3.05) is 0 Å². The molecule has 0 spiro atoms. The van der Waals surface area contributed by atoms with Crippen molar-refractivity contribution in [3.05, 3.63) is 65.2 Å². The Morgan fingerprint density at radius 2 is 1.88 bits per heavy atom. The normalized spacial score (nSPS) is 32.0. The van der Waals surface area contributed by atoms with E-state index < -0.39 is 5.60 Å². The monoisotopic (exact) mass is 322 g/mol. The van der Waals surface area contributed by atoms with Crippen molar-refractivity contribution in [1.82, 2.24) is 0 Å². The molecule has 1 saturated carbocycles. The first-order valence-electron chi connectivity index (χ1n) is 9.07. The van der Waals surface area contributed by atoms with Crippen LogP contribution in [0.25, 0.3) is 0 Å². The summed E-state index contributed by atoms with van der Waals surface area (Å²) in [6.45, 7) is 1.99. The second kappa shape index (κ2) is 5.63. The van der Waals surface area contributed by atoms with E-state index in [0.29, 0.717) is 11.7 Å². The molecule has 24 heavy (non-hydrogen) atoms. The molecule has 1 fully saturated rings. The van der Waals surface area contributed by atoms with Gasteiger partial charge in [-0.15, -0.1) is 0 Å². The molecular formula is C22H26O2. The average Bonchev–Trinajstić information content (AvgIpc) is 2.56. The van der Waals surface area contributed by atoms with Crippen LogP contribution in [-0.4, -0.2) is 15.8 Å². The molecule has 2 nitrogen and oxygen atoms in total. The molecule has 0 aliphatic heterocycles. The molecule has 126 valence electrons. The lowest BCUT2D eigenvalue weighted by Gasteiger charge is -2.52. The number of aromatic hydroxyl groups is 1. The number of rotatable bonds is 2. The van der Waals surface area contributed by atoms with Gasteiger partial charge in [-0.25, -0.2) is 0 Å². The molecule has 4 rings (SSSR count). The van der Waals surface area contributed by atoms with Crippen LogP contribution in [0.3, 0.4) is 0 Å². The third-order valence-electron chi connectivity index (χ3n) is 6.33. The van der Waals surface area contributed by atoms with Crippen molar-refractivity contribution in [3.63, 3.8) is 0 Å². The summed E-state index contributed by atoms with van der Waals surface area (Å²) in [5.74, 6) is 0.864. The van der Waals surface area contributed by atoms with Crippen LogP contribution >= 0.6 is 0 Å². The average molecular weight is 322 g/mol. The first kappa shape index (κ1) is 15.7. The second-order valence-corrected chi connectivity index (χ2v) is 8.10. The fraction of sp³-hybridized carbons (Fsp3) is 0.455. The van der Waals surface area contributed by atoms with Gasteiger partial charge >= 0.3 is 0 Å². The number of aryl methyl sites for hydroxylation is 1. The van der Waals surface area contributed by atoms with Crippen molar-refractivity contribution < 1.29 is 10.2 Å². The number of benzene rings is 2. The van der Waals surface area contributed by atoms with Gasteiger partial charge in [0.25, 0.3) is 0 Å². The summed E-state index contributed by atoms with van der Waals surface area (Å²) in [7, 11) is 0. The van der Waals surface area contributed by atoms with Crippen LogP contribution in [0.15, 0.2) is 48.5 Å². The minimum absolute atomic E-state index is 0.0882. The van der Waals surface area contributed by atoms with Crippen molar-refractivity contribution in [3.8, 4) is 5.75 Å². The molecule has 0 heterocycles. The highest BCUT2D eigenvalue weighted by atomic mass is 16.3. The molecule has 0 bridgehead atoms. The zero-order chi connectivity index (χ0) is 16.8. The van der Waals surface area contributed by atoms with Crippen LogP contribution in [0, 0.1) is 5.92 Å². The highest BCUT2D eigenvalue weighted by molar-refractivity contribution is 5.44. The number of hydrogen-bond donors (Lipinski definition) is 2. The Balaban J connectivity index is 1.81. The number of aliphatic hydroxyl groups is 1. The third kappa shape index (κ3) is 2.63. The van der Waals surface area contributed by atoms with Crippen molar-refractivity contribution >= 4 is 0 Å². The lowest BCUT2D eigenvalue weighted by Crippen LogP contribution is -2.50. The minimum atomic E-state index is -0.542. The van der Waals surface area contributed by atoms with Crippen LogP contribution in [0.4, 0.5) is 0 Å². The van der Waals surface area contributed by atoms with Gasteiger partial charge in [-0.2, -0.15) is 0 Å². The first-order chi connectivity index (χ1) is 11.5. The molecule has 0 radical (unpaired) electrons. The van der Waals surface area contributed by atoms with Crippen molar-refractivity contribution in [2.45, 2.75) is 56.5 Å². The Hall–Kier alpha value is -1.80. The summed E-state index contributed by atoms with van der Waals surface area (Å²) in [5, 5.41) is 20.5. The Morgan fingerprint density at radius 1 is 1.08 bits per heavy atom. The van der Waals surface area contributed by atoms with Gasteiger partial charge in [0.15, 0.2) is 0 Å². The Labute approximate surface area is 144 Å². The van der Waals surface area contributed by atoms with Crippen molar-refractivity contribution in [2.24, 2.45) is 5.92 Å². The van der Waals surface area contributed by atoms with Crippen LogP contribution in [0.5, 0.6) is 5.75 Å². The molecule has 3 atom stereocenters. The number of phenols is 1. The van der Waals surface area contributed by atoms with E-state index in [1.165, 1.54) is 16.7 Å². The molecule has 0 unspecified atom stereocenters. The van der Waals surface area contributed by atoms with Gasteiger partial charge in [0.2, 0.25) is 0 Å². The van der Waals surface area contributed by atoms with E-state index in [1.54, 1.807) is 0 Å². The molecule has 2 aromatic carbocycles. The standard InChI is InChI=1S/C22H26O2/c1-21(24)11-12-22(14-16-5-3-2-4-6-16)18(15-21)8-7-17-13-19(23)9-10-20(17)22/h2-6,9-10,13,18,23-24H,7-8,11-12,14-15H2,1H3/t18-,21-,22-/m0/s1. The van der Waals surface area contributed by atoms with Gasteiger partial charge in [0.1, 0.15) is 5.75 Å². The van der Waals surface area contributed by atoms with Gasteiger partial charge in [0, 0.05) is 5.41 Å².